The van der Waals surface area contributed by atoms with Crippen LogP contribution in [0.15, 0.2) is 24.3 Å². The van der Waals surface area contributed by atoms with Gasteiger partial charge in [-0.25, -0.2) is 4.39 Å². The van der Waals surface area contributed by atoms with Crippen molar-refractivity contribution in [2.24, 2.45) is 5.41 Å². The van der Waals surface area contributed by atoms with Crippen LogP contribution < -0.4 is 10.2 Å². The third kappa shape index (κ3) is 3.95. The molecule has 1 aliphatic carbocycles. The van der Waals surface area contributed by atoms with Gasteiger partial charge in [0.2, 0.25) is 0 Å². The molecule has 1 aromatic carbocycles. The summed E-state index contributed by atoms with van der Waals surface area (Å²) in [7, 11) is 2.04. The van der Waals surface area contributed by atoms with Crippen LogP contribution in [0.3, 0.4) is 0 Å². The van der Waals surface area contributed by atoms with Crippen LogP contribution in [0.25, 0.3) is 0 Å². The summed E-state index contributed by atoms with van der Waals surface area (Å²) < 4.78 is 19.2. The molecule has 3 nitrogen and oxygen atoms in total. The van der Waals surface area contributed by atoms with E-state index < -0.39 is 0 Å². The Kier molecular flexibility index (Phi) is 4.45. The van der Waals surface area contributed by atoms with Crippen LogP contribution in [-0.2, 0) is 4.74 Å². The van der Waals surface area contributed by atoms with Crippen LogP contribution in [0.5, 0.6) is 0 Å². The lowest BCUT2D eigenvalue weighted by Crippen LogP contribution is -2.48. The Balaban J connectivity index is 1.67. The molecule has 1 N–H and O–H groups in total. The van der Waals surface area contributed by atoms with Crippen molar-refractivity contribution in [3.63, 3.8) is 0 Å². The molecule has 0 spiro atoms. The molecule has 2 fully saturated rings. The number of nitrogens with zero attached hydrogens (tertiary/aromatic N) is 1. The van der Waals surface area contributed by atoms with Gasteiger partial charge in [-0.3, -0.25) is 0 Å². The Morgan fingerprint density at radius 1 is 1.43 bits per heavy atom. The second-order valence-electron chi connectivity index (χ2n) is 6.65. The van der Waals surface area contributed by atoms with E-state index in [9.17, 15) is 4.39 Å². The Hall–Kier alpha value is -1.13. The standard InChI is InChI=1S/C17H25FN2O/c1-20(16-5-2-4-14(18)10-16)12-17(8-3-9-21-13-17)11-19-15-6-7-15/h2,4-5,10,15,19H,3,6-9,11-13H2,1H3. The predicted octanol–water partition coefficient (Wildman–Crippen LogP) is 2.81. The van der Waals surface area contributed by atoms with Crippen LogP contribution >= 0.6 is 0 Å². The number of hydrogen-bond acceptors (Lipinski definition) is 3. The number of halogens is 1. The number of nitrogens with one attached hydrogen (secondary N) is 1. The van der Waals surface area contributed by atoms with Crippen molar-refractivity contribution in [2.45, 2.75) is 31.7 Å². The molecule has 4 heteroatoms. The van der Waals surface area contributed by atoms with Crippen LogP contribution in [0.2, 0.25) is 0 Å². The Bertz CT molecular complexity index is 470. The fourth-order valence-corrected chi connectivity index (χ4v) is 3.19. The first-order valence-electron chi connectivity index (χ1n) is 7.95. The largest absolute Gasteiger partial charge is 0.381 e. The summed E-state index contributed by atoms with van der Waals surface area (Å²) in [5, 5.41) is 3.65. The van der Waals surface area contributed by atoms with Gasteiger partial charge in [-0.05, 0) is 43.9 Å². The minimum Gasteiger partial charge on any atom is -0.381 e. The van der Waals surface area contributed by atoms with E-state index in [1.54, 1.807) is 12.1 Å². The van der Waals surface area contributed by atoms with Crippen LogP contribution in [0.1, 0.15) is 25.7 Å². The summed E-state index contributed by atoms with van der Waals surface area (Å²) in [5.74, 6) is -0.176. The average Bonchev–Trinajstić information content (AvgIpc) is 3.30. The second-order valence-corrected chi connectivity index (χ2v) is 6.65. The molecule has 1 heterocycles. The molecule has 0 aromatic heterocycles. The first-order valence-corrected chi connectivity index (χ1v) is 7.95. The van der Waals surface area contributed by atoms with Crippen molar-refractivity contribution in [1.29, 1.82) is 0 Å². The van der Waals surface area contributed by atoms with Gasteiger partial charge in [0.25, 0.3) is 0 Å². The molecule has 1 saturated heterocycles. The monoisotopic (exact) mass is 292 g/mol. The number of anilines is 1. The van der Waals surface area contributed by atoms with Crippen molar-refractivity contribution in [3.05, 3.63) is 30.1 Å². The predicted molar refractivity (Wildman–Crippen MR) is 83.2 cm³/mol. The van der Waals surface area contributed by atoms with Crippen LogP contribution in [0, 0.1) is 11.2 Å². The molecule has 1 aromatic rings. The minimum absolute atomic E-state index is 0.141. The maximum atomic E-state index is 13.4. The molecule has 21 heavy (non-hydrogen) atoms. The lowest BCUT2D eigenvalue weighted by atomic mass is 9.81. The maximum Gasteiger partial charge on any atom is 0.125 e. The van der Waals surface area contributed by atoms with Gasteiger partial charge in [-0.2, -0.15) is 0 Å². The van der Waals surface area contributed by atoms with E-state index in [1.165, 1.54) is 25.3 Å². The normalized spacial score (nSPS) is 25.8. The topological polar surface area (TPSA) is 24.5 Å². The highest BCUT2D eigenvalue weighted by Gasteiger charge is 2.36. The molecule has 2 aliphatic rings. The van der Waals surface area contributed by atoms with Crippen molar-refractivity contribution in [3.8, 4) is 0 Å². The zero-order chi connectivity index (χ0) is 14.7. The molecule has 116 valence electrons. The summed E-state index contributed by atoms with van der Waals surface area (Å²) in [6.07, 6.45) is 4.89. The smallest absolute Gasteiger partial charge is 0.125 e. The Labute approximate surface area is 126 Å². The minimum atomic E-state index is -0.176. The van der Waals surface area contributed by atoms with Gasteiger partial charge in [0.05, 0.1) is 6.61 Å². The van der Waals surface area contributed by atoms with Crippen molar-refractivity contribution < 1.29 is 9.13 Å². The van der Waals surface area contributed by atoms with Gasteiger partial charge in [-0.1, -0.05) is 6.07 Å². The van der Waals surface area contributed by atoms with E-state index in [-0.39, 0.29) is 11.2 Å². The molecule has 1 saturated carbocycles. The summed E-state index contributed by atoms with van der Waals surface area (Å²) in [5.41, 5.74) is 1.08. The average molecular weight is 292 g/mol. The second kappa shape index (κ2) is 6.32. The summed E-state index contributed by atoms with van der Waals surface area (Å²) in [6, 6.07) is 7.54. The van der Waals surface area contributed by atoms with Crippen LogP contribution in [-0.4, -0.2) is 39.4 Å². The van der Waals surface area contributed by atoms with Crippen molar-refractivity contribution in [2.75, 3.05) is 38.3 Å². The number of hydrogen-bond donors (Lipinski definition) is 1. The zero-order valence-electron chi connectivity index (χ0n) is 12.8. The van der Waals surface area contributed by atoms with Crippen molar-refractivity contribution >= 4 is 5.69 Å². The van der Waals surface area contributed by atoms with Gasteiger partial charge >= 0.3 is 0 Å². The van der Waals surface area contributed by atoms with E-state index in [0.717, 1.165) is 38.4 Å². The van der Waals surface area contributed by atoms with E-state index in [4.69, 9.17) is 4.74 Å². The lowest BCUT2D eigenvalue weighted by molar-refractivity contribution is -0.00292. The molecule has 0 radical (unpaired) electrons. The molecule has 3 rings (SSSR count). The fourth-order valence-electron chi connectivity index (χ4n) is 3.19. The molecule has 1 unspecified atom stereocenters. The highest BCUT2D eigenvalue weighted by Crippen LogP contribution is 2.32. The fraction of sp³-hybridized carbons (Fsp3) is 0.647. The molecule has 0 bridgehead atoms. The molecular formula is C17H25FN2O. The zero-order valence-corrected chi connectivity index (χ0v) is 12.8. The third-order valence-corrected chi connectivity index (χ3v) is 4.57. The maximum absolute atomic E-state index is 13.4. The Morgan fingerprint density at radius 3 is 2.95 bits per heavy atom. The summed E-state index contributed by atoms with van der Waals surface area (Å²) >= 11 is 0. The summed E-state index contributed by atoms with van der Waals surface area (Å²) in [6.45, 7) is 3.56. The van der Waals surface area contributed by atoms with Crippen LogP contribution in [0.4, 0.5) is 10.1 Å². The van der Waals surface area contributed by atoms with Gasteiger partial charge < -0.3 is 15.0 Å². The van der Waals surface area contributed by atoms with E-state index in [1.807, 2.05) is 13.1 Å². The van der Waals surface area contributed by atoms with E-state index in [0.29, 0.717) is 6.04 Å². The molecule has 1 atom stereocenters. The first kappa shape index (κ1) is 14.8. The molecular weight excluding hydrogens is 267 g/mol. The van der Waals surface area contributed by atoms with E-state index >= 15 is 0 Å². The third-order valence-electron chi connectivity index (χ3n) is 4.57. The van der Waals surface area contributed by atoms with Gasteiger partial charge in [-0.15, -0.1) is 0 Å². The molecule has 1 aliphatic heterocycles. The molecule has 0 amide bonds. The number of benzene rings is 1. The summed E-state index contributed by atoms with van der Waals surface area (Å²) in [4.78, 5) is 2.16. The van der Waals surface area contributed by atoms with Gasteiger partial charge in [0.15, 0.2) is 0 Å². The number of ether oxygens (including phenoxy) is 1. The quantitative estimate of drug-likeness (QED) is 0.872. The first-order chi connectivity index (χ1) is 10.2. The SMILES string of the molecule is CN(CC1(CNC2CC2)CCCOC1)c1cccc(F)c1. The van der Waals surface area contributed by atoms with Gasteiger partial charge in [0.1, 0.15) is 5.82 Å². The van der Waals surface area contributed by atoms with E-state index in [2.05, 4.69) is 10.2 Å². The van der Waals surface area contributed by atoms with Gasteiger partial charge in [0, 0.05) is 43.9 Å². The lowest BCUT2D eigenvalue weighted by Gasteiger charge is -2.40. The highest BCUT2D eigenvalue weighted by molar-refractivity contribution is 5.45. The highest BCUT2D eigenvalue weighted by atomic mass is 19.1. The number of rotatable bonds is 6. The van der Waals surface area contributed by atoms with Crippen molar-refractivity contribution in [1.82, 2.24) is 5.32 Å². The Morgan fingerprint density at radius 2 is 2.29 bits per heavy atom.